The lowest BCUT2D eigenvalue weighted by atomic mass is 10.1. The number of nitrogens with one attached hydrogen (secondary N) is 1. The Hall–Kier alpha value is -3.28. The summed E-state index contributed by atoms with van der Waals surface area (Å²) in [6, 6.07) is 12.8. The zero-order valence-corrected chi connectivity index (χ0v) is 12.4. The molecular weight excluding hydrogens is 292 g/mol. The van der Waals surface area contributed by atoms with Crippen molar-refractivity contribution in [3.8, 4) is 5.88 Å². The summed E-state index contributed by atoms with van der Waals surface area (Å²) >= 11 is 0. The second-order valence-electron chi connectivity index (χ2n) is 4.71. The fourth-order valence-corrected chi connectivity index (χ4v) is 2.10. The number of carbonyl (C=O) groups is 1. The highest BCUT2D eigenvalue weighted by Crippen LogP contribution is 2.20. The lowest BCUT2D eigenvalue weighted by molar-refractivity contribution is 0.0955. The van der Waals surface area contributed by atoms with Gasteiger partial charge in [-0.05, 0) is 24.3 Å². The highest BCUT2D eigenvalue weighted by Gasteiger charge is 2.06. The van der Waals surface area contributed by atoms with Gasteiger partial charge in [0.05, 0.1) is 24.4 Å². The molecule has 0 fully saturated rings. The van der Waals surface area contributed by atoms with Crippen molar-refractivity contribution in [1.82, 2.24) is 15.4 Å². The van der Waals surface area contributed by atoms with Crippen molar-refractivity contribution in [3.05, 3.63) is 66.0 Å². The van der Waals surface area contributed by atoms with E-state index in [0.29, 0.717) is 17.0 Å². The number of para-hydroxylation sites is 1. The second kappa shape index (κ2) is 6.65. The van der Waals surface area contributed by atoms with E-state index >= 15 is 0 Å². The Bertz CT molecular complexity index is 863. The third-order valence-electron chi connectivity index (χ3n) is 3.22. The van der Waals surface area contributed by atoms with Crippen LogP contribution in [-0.4, -0.2) is 29.2 Å². The minimum absolute atomic E-state index is 0.309. The quantitative estimate of drug-likeness (QED) is 0.593. The molecule has 0 saturated heterocycles. The minimum Gasteiger partial charge on any atom is -0.481 e. The number of methoxy groups -OCH3 is 1. The zero-order chi connectivity index (χ0) is 16.1. The number of rotatable bonds is 4. The molecule has 1 aromatic carbocycles. The average molecular weight is 306 g/mol. The lowest BCUT2D eigenvalue weighted by Gasteiger charge is -2.05. The van der Waals surface area contributed by atoms with Crippen LogP contribution in [-0.2, 0) is 0 Å². The third kappa shape index (κ3) is 3.32. The molecule has 0 saturated carbocycles. The Labute approximate surface area is 132 Å². The van der Waals surface area contributed by atoms with Crippen LogP contribution >= 0.6 is 0 Å². The van der Waals surface area contributed by atoms with Gasteiger partial charge in [0.25, 0.3) is 5.91 Å². The van der Waals surface area contributed by atoms with Gasteiger partial charge in [-0.1, -0.05) is 18.2 Å². The van der Waals surface area contributed by atoms with Crippen LogP contribution in [0.15, 0.2) is 60.0 Å². The number of benzene rings is 1. The molecule has 2 aromatic heterocycles. The van der Waals surface area contributed by atoms with Crippen molar-refractivity contribution in [1.29, 1.82) is 0 Å². The van der Waals surface area contributed by atoms with Crippen molar-refractivity contribution < 1.29 is 9.53 Å². The van der Waals surface area contributed by atoms with E-state index in [1.54, 1.807) is 31.6 Å². The standard InChI is InChI=1S/C17H14N4O2/c1-23-17-14(10-13-4-2-3-5-15(13)20-17)11-19-21-16(22)12-6-8-18-9-7-12/h2-11H,1H3,(H,21,22). The summed E-state index contributed by atoms with van der Waals surface area (Å²) in [5, 5.41) is 4.94. The fourth-order valence-electron chi connectivity index (χ4n) is 2.10. The highest BCUT2D eigenvalue weighted by atomic mass is 16.5. The van der Waals surface area contributed by atoms with E-state index in [9.17, 15) is 4.79 Å². The van der Waals surface area contributed by atoms with E-state index < -0.39 is 0 Å². The monoisotopic (exact) mass is 306 g/mol. The molecule has 3 aromatic rings. The van der Waals surface area contributed by atoms with Crippen LogP contribution in [0.2, 0.25) is 0 Å². The van der Waals surface area contributed by atoms with Gasteiger partial charge in [-0.2, -0.15) is 5.10 Å². The van der Waals surface area contributed by atoms with Crippen LogP contribution in [0.3, 0.4) is 0 Å². The SMILES string of the molecule is COc1nc2ccccc2cc1C=NNC(=O)c1ccncc1. The fraction of sp³-hybridized carbons (Fsp3) is 0.0588. The topological polar surface area (TPSA) is 76.5 Å². The maximum Gasteiger partial charge on any atom is 0.271 e. The van der Waals surface area contributed by atoms with Crippen LogP contribution in [0.25, 0.3) is 10.9 Å². The maximum absolute atomic E-state index is 11.9. The van der Waals surface area contributed by atoms with Crippen LogP contribution < -0.4 is 10.2 Å². The Morgan fingerprint density at radius 2 is 2.00 bits per heavy atom. The Morgan fingerprint density at radius 3 is 2.78 bits per heavy atom. The van der Waals surface area contributed by atoms with Gasteiger partial charge >= 0.3 is 0 Å². The van der Waals surface area contributed by atoms with Crippen molar-refractivity contribution in [3.63, 3.8) is 0 Å². The molecule has 1 N–H and O–H groups in total. The molecule has 0 radical (unpaired) electrons. The number of ether oxygens (including phenoxy) is 1. The van der Waals surface area contributed by atoms with Gasteiger partial charge in [0, 0.05) is 23.3 Å². The first-order chi connectivity index (χ1) is 11.3. The summed E-state index contributed by atoms with van der Waals surface area (Å²) in [7, 11) is 1.55. The minimum atomic E-state index is -0.309. The molecule has 0 bridgehead atoms. The highest BCUT2D eigenvalue weighted by molar-refractivity contribution is 5.95. The normalized spacial score (nSPS) is 10.8. The van der Waals surface area contributed by atoms with Crippen LogP contribution in [0, 0.1) is 0 Å². The number of hydrazone groups is 1. The van der Waals surface area contributed by atoms with E-state index in [1.165, 1.54) is 6.21 Å². The molecule has 114 valence electrons. The van der Waals surface area contributed by atoms with E-state index in [2.05, 4.69) is 20.5 Å². The summed E-state index contributed by atoms with van der Waals surface area (Å²) in [5.74, 6) is 0.141. The van der Waals surface area contributed by atoms with E-state index in [4.69, 9.17) is 4.74 Å². The summed E-state index contributed by atoms with van der Waals surface area (Å²) in [5.41, 5.74) is 4.47. The molecule has 0 aliphatic rings. The number of carbonyl (C=O) groups excluding carboxylic acids is 1. The predicted molar refractivity (Wildman–Crippen MR) is 87.6 cm³/mol. The zero-order valence-electron chi connectivity index (χ0n) is 12.4. The first-order valence-electron chi connectivity index (χ1n) is 6.95. The van der Waals surface area contributed by atoms with Crippen molar-refractivity contribution in [2.45, 2.75) is 0 Å². The van der Waals surface area contributed by atoms with Crippen molar-refractivity contribution >= 4 is 23.0 Å². The summed E-state index contributed by atoms with van der Waals surface area (Å²) in [6.45, 7) is 0. The molecule has 2 heterocycles. The maximum atomic E-state index is 11.9. The van der Waals surface area contributed by atoms with Gasteiger partial charge < -0.3 is 4.74 Å². The summed E-state index contributed by atoms with van der Waals surface area (Å²) < 4.78 is 5.27. The predicted octanol–water partition coefficient (Wildman–Crippen LogP) is 2.40. The number of fused-ring (bicyclic) bond motifs is 1. The van der Waals surface area contributed by atoms with Gasteiger partial charge in [0.15, 0.2) is 0 Å². The van der Waals surface area contributed by atoms with Crippen LogP contribution in [0.5, 0.6) is 5.88 Å². The molecule has 0 spiro atoms. The van der Waals surface area contributed by atoms with Gasteiger partial charge in [-0.25, -0.2) is 10.4 Å². The van der Waals surface area contributed by atoms with E-state index in [1.807, 2.05) is 30.3 Å². The van der Waals surface area contributed by atoms with E-state index in [-0.39, 0.29) is 5.91 Å². The second-order valence-corrected chi connectivity index (χ2v) is 4.71. The van der Waals surface area contributed by atoms with Crippen LogP contribution in [0.4, 0.5) is 0 Å². The van der Waals surface area contributed by atoms with Gasteiger partial charge in [-0.15, -0.1) is 0 Å². The number of pyridine rings is 2. The van der Waals surface area contributed by atoms with Gasteiger partial charge in [0.2, 0.25) is 5.88 Å². The molecular formula is C17H14N4O2. The third-order valence-corrected chi connectivity index (χ3v) is 3.22. The summed E-state index contributed by atoms with van der Waals surface area (Å²) in [6.07, 6.45) is 4.61. The van der Waals surface area contributed by atoms with Crippen molar-refractivity contribution in [2.75, 3.05) is 7.11 Å². The smallest absolute Gasteiger partial charge is 0.271 e. The first kappa shape index (κ1) is 14.6. The Balaban J connectivity index is 1.81. The molecule has 6 heteroatoms. The van der Waals surface area contributed by atoms with Gasteiger partial charge in [-0.3, -0.25) is 9.78 Å². The number of hydrogen-bond donors (Lipinski definition) is 1. The molecule has 0 unspecified atom stereocenters. The molecule has 3 rings (SSSR count). The molecule has 0 atom stereocenters. The Morgan fingerprint density at radius 1 is 1.22 bits per heavy atom. The Kier molecular flexibility index (Phi) is 4.24. The van der Waals surface area contributed by atoms with Gasteiger partial charge in [0.1, 0.15) is 0 Å². The molecule has 23 heavy (non-hydrogen) atoms. The number of aromatic nitrogens is 2. The summed E-state index contributed by atoms with van der Waals surface area (Å²) in [4.78, 5) is 20.2. The molecule has 0 aliphatic heterocycles. The number of nitrogens with zero attached hydrogens (tertiary/aromatic N) is 3. The molecule has 0 aliphatic carbocycles. The average Bonchev–Trinajstić information content (AvgIpc) is 2.61. The molecule has 1 amide bonds. The lowest BCUT2D eigenvalue weighted by Crippen LogP contribution is -2.17. The molecule has 6 nitrogen and oxygen atoms in total. The number of amides is 1. The first-order valence-corrected chi connectivity index (χ1v) is 6.95. The number of hydrogen-bond acceptors (Lipinski definition) is 5. The van der Waals surface area contributed by atoms with E-state index in [0.717, 1.165) is 10.9 Å². The largest absolute Gasteiger partial charge is 0.481 e. The van der Waals surface area contributed by atoms with Crippen LogP contribution in [0.1, 0.15) is 15.9 Å². The van der Waals surface area contributed by atoms with Crippen molar-refractivity contribution in [2.24, 2.45) is 5.10 Å².